The van der Waals surface area contributed by atoms with E-state index in [1.807, 2.05) is 36.1 Å². The summed E-state index contributed by atoms with van der Waals surface area (Å²) < 4.78 is 0. The lowest BCUT2D eigenvalue weighted by molar-refractivity contribution is 0.0649. The molecule has 1 aliphatic rings. The van der Waals surface area contributed by atoms with E-state index in [0.29, 0.717) is 18.5 Å². The number of amides is 1. The number of carbonyl (C=O) groups excluding carboxylic acids is 1. The lowest BCUT2D eigenvalue weighted by Crippen LogP contribution is -2.42. The van der Waals surface area contributed by atoms with Crippen molar-refractivity contribution in [3.8, 4) is 0 Å². The van der Waals surface area contributed by atoms with Crippen molar-refractivity contribution in [1.82, 2.24) is 4.90 Å². The Morgan fingerprint density at radius 3 is 2.68 bits per heavy atom. The Bertz CT molecular complexity index is 427. The number of aryl methyl sites for hydroxylation is 1. The van der Waals surface area contributed by atoms with Crippen LogP contribution in [0.15, 0.2) is 24.3 Å². The number of benzene rings is 1. The number of hydrogen-bond acceptors (Lipinski definition) is 1. The molecule has 1 saturated carbocycles. The molecule has 3 heteroatoms. The summed E-state index contributed by atoms with van der Waals surface area (Å²) in [5, 5.41) is 0. The molecule has 0 aliphatic heterocycles. The van der Waals surface area contributed by atoms with Gasteiger partial charge in [-0.15, -0.1) is 11.6 Å². The summed E-state index contributed by atoms with van der Waals surface area (Å²) in [6, 6.07) is 8.21. The van der Waals surface area contributed by atoms with Crippen LogP contribution in [0.25, 0.3) is 0 Å². The van der Waals surface area contributed by atoms with Gasteiger partial charge in [0.15, 0.2) is 0 Å². The van der Waals surface area contributed by atoms with Crippen LogP contribution in [0.4, 0.5) is 0 Å². The summed E-state index contributed by atoms with van der Waals surface area (Å²) in [6.07, 6.45) is 5.99. The Hall–Kier alpha value is -1.02. The molecule has 0 atom stereocenters. The molecular weight excluding hydrogens is 258 g/mol. The SMILES string of the molecule is Cc1cccc(C(=O)N(CCCl)C2CCCCC2)c1. The van der Waals surface area contributed by atoms with Crippen molar-refractivity contribution in [3.05, 3.63) is 35.4 Å². The van der Waals surface area contributed by atoms with Crippen LogP contribution in [-0.2, 0) is 0 Å². The Morgan fingerprint density at radius 1 is 1.32 bits per heavy atom. The van der Waals surface area contributed by atoms with Crippen LogP contribution in [-0.4, -0.2) is 29.3 Å². The third kappa shape index (κ3) is 3.73. The molecule has 1 aromatic rings. The van der Waals surface area contributed by atoms with Gasteiger partial charge in [-0.1, -0.05) is 37.0 Å². The quantitative estimate of drug-likeness (QED) is 0.763. The molecule has 2 nitrogen and oxygen atoms in total. The molecule has 2 rings (SSSR count). The predicted octanol–water partition coefficient (Wildman–Crippen LogP) is 4.01. The molecule has 104 valence electrons. The van der Waals surface area contributed by atoms with Crippen molar-refractivity contribution in [1.29, 1.82) is 0 Å². The van der Waals surface area contributed by atoms with Crippen LogP contribution in [0.5, 0.6) is 0 Å². The minimum atomic E-state index is 0.135. The highest BCUT2D eigenvalue weighted by Crippen LogP contribution is 2.24. The topological polar surface area (TPSA) is 20.3 Å². The van der Waals surface area contributed by atoms with Crippen molar-refractivity contribution < 1.29 is 4.79 Å². The fourth-order valence-electron chi connectivity index (χ4n) is 2.88. The first-order valence-corrected chi connectivity index (χ1v) is 7.69. The zero-order valence-corrected chi connectivity index (χ0v) is 12.3. The van der Waals surface area contributed by atoms with Gasteiger partial charge in [-0.25, -0.2) is 0 Å². The summed E-state index contributed by atoms with van der Waals surface area (Å²) in [7, 11) is 0. The van der Waals surface area contributed by atoms with Crippen LogP contribution in [0.3, 0.4) is 0 Å². The van der Waals surface area contributed by atoms with Gasteiger partial charge in [-0.3, -0.25) is 4.79 Å². The van der Waals surface area contributed by atoms with Crippen molar-refractivity contribution in [2.24, 2.45) is 0 Å². The standard InChI is InChI=1S/C16H22ClNO/c1-13-6-5-7-14(12-13)16(19)18(11-10-17)15-8-3-2-4-9-15/h5-7,12,15H,2-4,8-11H2,1H3. The van der Waals surface area contributed by atoms with E-state index >= 15 is 0 Å². The second kappa shape index (κ2) is 6.95. The average Bonchev–Trinajstić information content (AvgIpc) is 2.45. The van der Waals surface area contributed by atoms with E-state index in [4.69, 9.17) is 11.6 Å². The van der Waals surface area contributed by atoms with Crippen LogP contribution < -0.4 is 0 Å². The van der Waals surface area contributed by atoms with E-state index in [1.165, 1.54) is 19.3 Å². The Kier molecular flexibility index (Phi) is 5.26. The lowest BCUT2D eigenvalue weighted by Gasteiger charge is -2.34. The third-order valence-electron chi connectivity index (χ3n) is 3.87. The van der Waals surface area contributed by atoms with E-state index in [-0.39, 0.29) is 5.91 Å². The summed E-state index contributed by atoms with van der Waals surface area (Å²) in [6.45, 7) is 2.67. The first-order chi connectivity index (χ1) is 9.22. The Balaban J connectivity index is 2.15. The summed E-state index contributed by atoms with van der Waals surface area (Å²) in [5.74, 6) is 0.643. The molecule has 0 radical (unpaired) electrons. The average molecular weight is 280 g/mol. The number of carbonyl (C=O) groups is 1. The molecule has 0 saturated heterocycles. The van der Waals surface area contributed by atoms with Crippen LogP contribution in [0, 0.1) is 6.92 Å². The highest BCUT2D eigenvalue weighted by atomic mass is 35.5. The Morgan fingerprint density at radius 2 is 2.05 bits per heavy atom. The van der Waals surface area contributed by atoms with Crippen molar-refractivity contribution in [2.75, 3.05) is 12.4 Å². The van der Waals surface area contributed by atoms with E-state index in [2.05, 4.69) is 0 Å². The molecular formula is C16H22ClNO. The first-order valence-electron chi connectivity index (χ1n) is 7.16. The van der Waals surface area contributed by atoms with Crippen LogP contribution in [0.1, 0.15) is 48.0 Å². The number of halogens is 1. The highest BCUT2D eigenvalue weighted by molar-refractivity contribution is 6.18. The fraction of sp³-hybridized carbons (Fsp3) is 0.562. The molecule has 0 heterocycles. The zero-order chi connectivity index (χ0) is 13.7. The molecule has 1 aliphatic carbocycles. The molecule has 1 amide bonds. The fourth-order valence-corrected chi connectivity index (χ4v) is 3.06. The normalized spacial score (nSPS) is 16.3. The molecule has 0 spiro atoms. The molecule has 0 bridgehead atoms. The summed E-state index contributed by atoms with van der Waals surface area (Å²) >= 11 is 5.88. The van der Waals surface area contributed by atoms with Gasteiger partial charge in [0.25, 0.3) is 5.91 Å². The predicted molar refractivity (Wildman–Crippen MR) is 79.8 cm³/mol. The maximum Gasteiger partial charge on any atom is 0.254 e. The lowest BCUT2D eigenvalue weighted by atomic mass is 9.93. The van der Waals surface area contributed by atoms with Crippen LogP contribution in [0.2, 0.25) is 0 Å². The molecule has 1 fully saturated rings. The van der Waals surface area contributed by atoms with E-state index in [1.54, 1.807) is 0 Å². The van der Waals surface area contributed by atoms with E-state index in [0.717, 1.165) is 24.0 Å². The number of rotatable bonds is 4. The molecule has 0 aromatic heterocycles. The van der Waals surface area contributed by atoms with Crippen LogP contribution >= 0.6 is 11.6 Å². The monoisotopic (exact) mass is 279 g/mol. The van der Waals surface area contributed by atoms with Gasteiger partial charge in [0.1, 0.15) is 0 Å². The molecule has 19 heavy (non-hydrogen) atoms. The second-order valence-electron chi connectivity index (χ2n) is 5.35. The molecule has 0 unspecified atom stereocenters. The maximum atomic E-state index is 12.7. The van der Waals surface area contributed by atoms with Gasteiger partial charge < -0.3 is 4.90 Å². The minimum absolute atomic E-state index is 0.135. The Labute approximate surface area is 120 Å². The van der Waals surface area contributed by atoms with Crippen molar-refractivity contribution in [3.63, 3.8) is 0 Å². The first kappa shape index (κ1) is 14.4. The zero-order valence-electron chi connectivity index (χ0n) is 11.6. The van der Waals surface area contributed by atoms with E-state index < -0.39 is 0 Å². The van der Waals surface area contributed by atoms with Gasteiger partial charge in [0.2, 0.25) is 0 Å². The number of hydrogen-bond donors (Lipinski definition) is 0. The van der Waals surface area contributed by atoms with Gasteiger partial charge in [-0.05, 0) is 31.9 Å². The maximum absolute atomic E-state index is 12.7. The summed E-state index contributed by atoms with van der Waals surface area (Å²) in [4.78, 5) is 14.6. The third-order valence-corrected chi connectivity index (χ3v) is 4.04. The van der Waals surface area contributed by atoms with Crippen molar-refractivity contribution >= 4 is 17.5 Å². The van der Waals surface area contributed by atoms with Gasteiger partial charge in [0, 0.05) is 24.0 Å². The largest absolute Gasteiger partial charge is 0.334 e. The van der Waals surface area contributed by atoms with Gasteiger partial charge >= 0.3 is 0 Å². The molecule has 0 N–H and O–H groups in total. The van der Waals surface area contributed by atoms with Gasteiger partial charge in [0.05, 0.1) is 0 Å². The van der Waals surface area contributed by atoms with E-state index in [9.17, 15) is 4.79 Å². The van der Waals surface area contributed by atoms with Gasteiger partial charge in [-0.2, -0.15) is 0 Å². The minimum Gasteiger partial charge on any atom is -0.334 e. The number of nitrogens with zero attached hydrogens (tertiary/aromatic N) is 1. The smallest absolute Gasteiger partial charge is 0.254 e. The highest BCUT2D eigenvalue weighted by Gasteiger charge is 2.25. The number of alkyl halides is 1. The summed E-state index contributed by atoms with van der Waals surface area (Å²) in [5.41, 5.74) is 1.91. The molecule has 1 aromatic carbocycles. The van der Waals surface area contributed by atoms with Crippen molar-refractivity contribution in [2.45, 2.75) is 45.1 Å². The second-order valence-corrected chi connectivity index (χ2v) is 5.73.